The molecule has 1 rings (SSSR count). The molecule has 2 heteroatoms. The summed E-state index contributed by atoms with van der Waals surface area (Å²) < 4.78 is 0. The topological polar surface area (TPSA) is 35.8 Å². The number of nitrogens with one attached hydrogen (secondary N) is 1. The Morgan fingerprint density at radius 2 is 1.94 bits per heavy atom. The Morgan fingerprint density at radius 1 is 1.29 bits per heavy atom. The van der Waals surface area contributed by atoms with Gasteiger partial charge in [0.25, 0.3) is 0 Å². The van der Waals surface area contributed by atoms with E-state index in [0.717, 1.165) is 25.3 Å². The number of rotatable bonds is 6. The molecule has 0 amide bonds. The van der Waals surface area contributed by atoms with Crippen LogP contribution in [-0.2, 0) is 0 Å². The Hall–Kier alpha value is -0.550. The summed E-state index contributed by atoms with van der Waals surface area (Å²) in [5, 5.41) is 12.6. The lowest BCUT2D eigenvalue weighted by Crippen LogP contribution is -2.35. The third-order valence-electron chi connectivity index (χ3n) is 4.10. The van der Waals surface area contributed by atoms with Crippen LogP contribution in [0.15, 0.2) is 0 Å². The largest absolute Gasteiger partial charge is 0.314 e. The second kappa shape index (κ2) is 7.01. The van der Waals surface area contributed by atoms with Crippen molar-refractivity contribution in [3.8, 4) is 6.07 Å². The van der Waals surface area contributed by atoms with Crippen molar-refractivity contribution in [2.75, 3.05) is 6.54 Å². The Morgan fingerprint density at radius 3 is 2.53 bits per heavy atom. The second-order valence-electron chi connectivity index (χ2n) is 6.24. The van der Waals surface area contributed by atoms with Crippen LogP contribution in [0, 0.1) is 22.7 Å². The van der Waals surface area contributed by atoms with E-state index in [4.69, 9.17) is 5.26 Å². The summed E-state index contributed by atoms with van der Waals surface area (Å²) in [6.07, 6.45) is 9.16. The van der Waals surface area contributed by atoms with Crippen LogP contribution in [0.5, 0.6) is 0 Å². The summed E-state index contributed by atoms with van der Waals surface area (Å²) in [5.41, 5.74) is -0.157. The lowest BCUT2D eigenvalue weighted by molar-refractivity contribution is 0.278. The molecule has 1 unspecified atom stereocenters. The van der Waals surface area contributed by atoms with Gasteiger partial charge in [-0.2, -0.15) is 5.26 Å². The first-order valence-corrected chi connectivity index (χ1v) is 7.20. The minimum Gasteiger partial charge on any atom is -0.314 e. The molecule has 0 heterocycles. The van der Waals surface area contributed by atoms with Gasteiger partial charge in [-0.05, 0) is 58.9 Å². The molecule has 1 saturated carbocycles. The van der Waals surface area contributed by atoms with Crippen LogP contribution in [0.2, 0.25) is 0 Å². The first-order chi connectivity index (χ1) is 8.05. The van der Waals surface area contributed by atoms with Crippen molar-refractivity contribution in [3.63, 3.8) is 0 Å². The molecular formula is C15H28N2. The normalized spacial score (nSPS) is 19.9. The molecule has 1 aliphatic carbocycles. The van der Waals surface area contributed by atoms with Crippen LogP contribution in [0.25, 0.3) is 0 Å². The Bertz CT molecular complexity index is 246. The van der Waals surface area contributed by atoms with Gasteiger partial charge >= 0.3 is 0 Å². The van der Waals surface area contributed by atoms with E-state index in [2.05, 4.69) is 18.3 Å². The van der Waals surface area contributed by atoms with Crippen LogP contribution in [0.4, 0.5) is 0 Å². The minimum atomic E-state index is -0.157. The van der Waals surface area contributed by atoms with Crippen molar-refractivity contribution >= 4 is 0 Å². The van der Waals surface area contributed by atoms with Crippen molar-refractivity contribution in [2.24, 2.45) is 11.3 Å². The first-order valence-electron chi connectivity index (χ1n) is 7.20. The minimum absolute atomic E-state index is 0.157. The maximum Gasteiger partial charge on any atom is 0.0683 e. The average molecular weight is 236 g/mol. The van der Waals surface area contributed by atoms with Gasteiger partial charge in [0.05, 0.1) is 11.5 Å². The lowest BCUT2D eigenvalue weighted by atomic mass is 9.84. The fourth-order valence-electron chi connectivity index (χ4n) is 2.72. The number of nitriles is 1. The van der Waals surface area contributed by atoms with E-state index in [-0.39, 0.29) is 5.41 Å². The van der Waals surface area contributed by atoms with Gasteiger partial charge in [-0.15, -0.1) is 0 Å². The highest BCUT2D eigenvalue weighted by Crippen LogP contribution is 2.26. The molecule has 0 spiro atoms. The molecule has 0 aromatic heterocycles. The molecule has 0 radical (unpaired) electrons. The third-order valence-corrected chi connectivity index (χ3v) is 4.10. The van der Waals surface area contributed by atoms with E-state index in [1.54, 1.807) is 0 Å². The molecule has 0 aliphatic heterocycles. The van der Waals surface area contributed by atoms with E-state index < -0.39 is 0 Å². The van der Waals surface area contributed by atoms with Gasteiger partial charge in [0.1, 0.15) is 0 Å². The molecule has 1 fully saturated rings. The molecule has 1 N–H and O–H groups in total. The molecule has 1 aliphatic rings. The fourth-order valence-corrected chi connectivity index (χ4v) is 2.72. The average Bonchev–Trinajstić information content (AvgIpc) is 2.35. The maximum atomic E-state index is 8.94. The molecule has 0 saturated heterocycles. The molecule has 2 nitrogen and oxygen atoms in total. The second-order valence-corrected chi connectivity index (χ2v) is 6.24. The van der Waals surface area contributed by atoms with Gasteiger partial charge in [0.2, 0.25) is 0 Å². The molecule has 17 heavy (non-hydrogen) atoms. The monoisotopic (exact) mass is 236 g/mol. The summed E-state index contributed by atoms with van der Waals surface area (Å²) in [5.74, 6) is 0.882. The highest BCUT2D eigenvalue weighted by atomic mass is 14.9. The van der Waals surface area contributed by atoms with Crippen LogP contribution in [0.3, 0.4) is 0 Å². The number of hydrogen-bond acceptors (Lipinski definition) is 2. The summed E-state index contributed by atoms with van der Waals surface area (Å²) >= 11 is 0. The molecule has 98 valence electrons. The zero-order chi connectivity index (χ0) is 12.7. The van der Waals surface area contributed by atoms with Crippen LogP contribution in [-0.4, -0.2) is 12.6 Å². The van der Waals surface area contributed by atoms with Crippen LogP contribution < -0.4 is 5.32 Å². The van der Waals surface area contributed by atoms with Crippen molar-refractivity contribution < 1.29 is 0 Å². The smallest absolute Gasteiger partial charge is 0.0683 e. The Kier molecular flexibility index (Phi) is 5.98. The SMILES string of the molecule is CC(NCCCC(C)(C)C#N)C1CCCCC1. The van der Waals surface area contributed by atoms with Gasteiger partial charge in [-0.3, -0.25) is 0 Å². The standard InChI is InChI=1S/C15H28N2/c1-13(14-8-5-4-6-9-14)17-11-7-10-15(2,3)12-16/h13-14,17H,4-11H2,1-3H3. The van der Waals surface area contributed by atoms with Crippen molar-refractivity contribution in [1.82, 2.24) is 5.32 Å². The Labute approximate surface area is 107 Å². The highest BCUT2D eigenvalue weighted by molar-refractivity contribution is 4.91. The fraction of sp³-hybridized carbons (Fsp3) is 0.933. The van der Waals surface area contributed by atoms with Gasteiger partial charge in [0.15, 0.2) is 0 Å². The van der Waals surface area contributed by atoms with E-state index in [1.807, 2.05) is 13.8 Å². The van der Waals surface area contributed by atoms with E-state index in [9.17, 15) is 0 Å². The van der Waals surface area contributed by atoms with Crippen LogP contribution >= 0.6 is 0 Å². The first kappa shape index (κ1) is 14.5. The maximum absolute atomic E-state index is 8.94. The molecule has 0 aromatic rings. The lowest BCUT2D eigenvalue weighted by Gasteiger charge is -2.28. The number of hydrogen-bond donors (Lipinski definition) is 1. The summed E-state index contributed by atoms with van der Waals surface area (Å²) in [6.45, 7) is 7.43. The van der Waals surface area contributed by atoms with Crippen molar-refractivity contribution in [3.05, 3.63) is 0 Å². The van der Waals surface area contributed by atoms with Gasteiger partial charge in [0, 0.05) is 6.04 Å². The quantitative estimate of drug-likeness (QED) is 0.710. The molecule has 0 aromatic carbocycles. The molecule has 0 bridgehead atoms. The van der Waals surface area contributed by atoms with Gasteiger partial charge in [-0.1, -0.05) is 19.3 Å². The predicted molar refractivity (Wildman–Crippen MR) is 72.7 cm³/mol. The summed E-state index contributed by atoms with van der Waals surface area (Å²) in [6, 6.07) is 3.02. The Balaban J connectivity index is 2.11. The highest BCUT2D eigenvalue weighted by Gasteiger charge is 2.20. The molecular weight excluding hydrogens is 208 g/mol. The van der Waals surface area contributed by atoms with Gasteiger partial charge < -0.3 is 5.32 Å². The van der Waals surface area contributed by atoms with Crippen molar-refractivity contribution in [2.45, 2.75) is 71.8 Å². The van der Waals surface area contributed by atoms with Crippen molar-refractivity contribution in [1.29, 1.82) is 5.26 Å². The predicted octanol–water partition coefficient (Wildman–Crippen LogP) is 3.87. The van der Waals surface area contributed by atoms with Gasteiger partial charge in [-0.25, -0.2) is 0 Å². The zero-order valence-electron chi connectivity index (χ0n) is 11.8. The van der Waals surface area contributed by atoms with E-state index in [1.165, 1.54) is 32.1 Å². The third kappa shape index (κ3) is 5.55. The van der Waals surface area contributed by atoms with Crippen LogP contribution in [0.1, 0.15) is 65.7 Å². The van der Waals surface area contributed by atoms with E-state index >= 15 is 0 Å². The zero-order valence-corrected chi connectivity index (χ0v) is 11.8. The van der Waals surface area contributed by atoms with E-state index in [0.29, 0.717) is 6.04 Å². The molecule has 1 atom stereocenters. The summed E-state index contributed by atoms with van der Waals surface area (Å²) in [7, 11) is 0. The number of nitrogens with zero attached hydrogens (tertiary/aromatic N) is 1. The summed E-state index contributed by atoms with van der Waals surface area (Å²) in [4.78, 5) is 0.